The Kier molecular flexibility index (Phi) is 2.73. The van der Waals surface area contributed by atoms with Crippen LogP contribution >= 0.6 is 0 Å². The molecule has 2 rings (SSSR count). The fourth-order valence-electron chi connectivity index (χ4n) is 2.37. The lowest BCUT2D eigenvalue weighted by Crippen LogP contribution is -2.44. The molecule has 1 heterocycles. The van der Waals surface area contributed by atoms with Crippen molar-refractivity contribution in [2.75, 3.05) is 0 Å². The van der Waals surface area contributed by atoms with Gasteiger partial charge in [-0.05, 0) is 19.9 Å². The van der Waals surface area contributed by atoms with E-state index in [0.717, 1.165) is 5.56 Å². The van der Waals surface area contributed by atoms with Gasteiger partial charge >= 0.3 is 5.97 Å². The zero-order chi connectivity index (χ0) is 13.5. The average molecular weight is 245 g/mol. The Morgan fingerprint density at radius 1 is 1.33 bits per heavy atom. The van der Waals surface area contributed by atoms with Crippen LogP contribution in [0.1, 0.15) is 36.2 Å². The van der Waals surface area contributed by atoms with E-state index in [1.807, 2.05) is 12.1 Å². The molecule has 94 valence electrons. The molecule has 0 aliphatic carbocycles. The third kappa shape index (κ3) is 1.79. The van der Waals surface area contributed by atoms with Crippen LogP contribution in [0.25, 0.3) is 5.70 Å². The van der Waals surface area contributed by atoms with Crippen molar-refractivity contribution < 1.29 is 14.7 Å². The maximum absolute atomic E-state index is 12.3. The van der Waals surface area contributed by atoms with E-state index in [9.17, 15) is 9.59 Å². The van der Waals surface area contributed by atoms with Crippen LogP contribution in [0.5, 0.6) is 0 Å². The van der Waals surface area contributed by atoms with Gasteiger partial charge in [-0.1, -0.05) is 24.8 Å². The van der Waals surface area contributed by atoms with Gasteiger partial charge in [0.2, 0.25) is 0 Å². The fourth-order valence-corrected chi connectivity index (χ4v) is 2.37. The standard InChI is InChI=1S/C14H15NO3/c1-9-10-6-4-5-7-11(10)13(18)15(9)14(2,3)8-12(16)17/h4-7H,1,8H2,2-3H3,(H,16,17). The number of amides is 1. The molecular formula is C14H15NO3. The number of nitrogens with zero attached hydrogens (tertiary/aromatic N) is 1. The number of hydrogen-bond acceptors (Lipinski definition) is 2. The van der Waals surface area contributed by atoms with Crippen molar-refractivity contribution in [2.45, 2.75) is 25.8 Å². The first kappa shape index (κ1) is 12.4. The van der Waals surface area contributed by atoms with Crippen LogP contribution in [0.2, 0.25) is 0 Å². The highest BCUT2D eigenvalue weighted by Crippen LogP contribution is 2.37. The number of aliphatic carboxylic acids is 1. The summed E-state index contributed by atoms with van der Waals surface area (Å²) in [6.07, 6.45) is -0.119. The number of hydrogen-bond donors (Lipinski definition) is 1. The molecule has 4 nitrogen and oxygen atoms in total. The summed E-state index contributed by atoms with van der Waals surface area (Å²) in [4.78, 5) is 24.7. The molecule has 0 fully saturated rings. The van der Waals surface area contributed by atoms with Gasteiger partial charge in [-0.3, -0.25) is 9.59 Å². The fraction of sp³-hybridized carbons (Fsp3) is 0.286. The number of carbonyl (C=O) groups is 2. The van der Waals surface area contributed by atoms with Gasteiger partial charge in [-0.25, -0.2) is 0 Å². The van der Waals surface area contributed by atoms with Gasteiger partial charge in [-0.15, -0.1) is 0 Å². The molecule has 0 atom stereocenters. The van der Waals surface area contributed by atoms with Crippen LogP contribution < -0.4 is 0 Å². The molecule has 1 amide bonds. The second kappa shape index (κ2) is 3.98. The zero-order valence-corrected chi connectivity index (χ0v) is 10.4. The summed E-state index contributed by atoms with van der Waals surface area (Å²) in [7, 11) is 0. The van der Waals surface area contributed by atoms with Gasteiger partial charge in [0.1, 0.15) is 0 Å². The van der Waals surface area contributed by atoms with E-state index in [1.54, 1.807) is 26.0 Å². The predicted octanol–water partition coefficient (Wildman–Crippen LogP) is 2.37. The molecule has 0 radical (unpaired) electrons. The van der Waals surface area contributed by atoms with Crippen molar-refractivity contribution in [1.29, 1.82) is 0 Å². The molecule has 1 aliphatic heterocycles. The van der Waals surface area contributed by atoms with E-state index in [4.69, 9.17) is 5.11 Å². The molecule has 1 aliphatic rings. The SMILES string of the molecule is C=C1c2ccccc2C(=O)N1C(C)(C)CC(=O)O. The summed E-state index contributed by atoms with van der Waals surface area (Å²) in [5.74, 6) is -1.11. The Labute approximate surface area is 106 Å². The summed E-state index contributed by atoms with van der Waals surface area (Å²) in [5.41, 5.74) is 1.14. The number of benzene rings is 1. The van der Waals surface area contributed by atoms with Gasteiger partial charge in [0, 0.05) is 16.8 Å². The summed E-state index contributed by atoms with van der Waals surface area (Å²) in [5, 5.41) is 8.93. The number of carbonyl (C=O) groups excluding carboxylic acids is 1. The number of carboxylic acid groups (broad SMARTS) is 1. The second-order valence-electron chi connectivity index (χ2n) is 5.02. The lowest BCUT2D eigenvalue weighted by molar-refractivity contribution is -0.139. The first-order valence-corrected chi connectivity index (χ1v) is 5.69. The van der Waals surface area contributed by atoms with E-state index < -0.39 is 11.5 Å². The largest absolute Gasteiger partial charge is 0.481 e. The third-order valence-corrected chi connectivity index (χ3v) is 3.13. The number of carboxylic acids is 1. The van der Waals surface area contributed by atoms with Gasteiger partial charge in [0.15, 0.2) is 0 Å². The molecule has 0 aromatic heterocycles. The van der Waals surface area contributed by atoms with E-state index in [2.05, 4.69) is 6.58 Å². The highest BCUT2D eigenvalue weighted by molar-refractivity contribution is 6.09. The van der Waals surface area contributed by atoms with E-state index in [1.165, 1.54) is 4.90 Å². The summed E-state index contributed by atoms with van der Waals surface area (Å²) >= 11 is 0. The molecule has 0 bridgehead atoms. The maximum Gasteiger partial charge on any atom is 0.305 e. The minimum atomic E-state index is -0.934. The number of fused-ring (bicyclic) bond motifs is 1. The summed E-state index contributed by atoms with van der Waals surface area (Å²) < 4.78 is 0. The number of rotatable bonds is 3. The molecule has 0 spiro atoms. The monoisotopic (exact) mass is 245 g/mol. The van der Waals surface area contributed by atoms with Crippen molar-refractivity contribution in [1.82, 2.24) is 4.90 Å². The van der Waals surface area contributed by atoms with Gasteiger partial charge in [0.05, 0.1) is 12.0 Å². The van der Waals surface area contributed by atoms with Crippen LogP contribution in [-0.2, 0) is 4.79 Å². The lowest BCUT2D eigenvalue weighted by atomic mass is 9.98. The van der Waals surface area contributed by atoms with Crippen molar-refractivity contribution >= 4 is 17.6 Å². The van der Waals surface area contributed by atoms with Gasteiger partial charge in [-0.2, -0.15) is 0 Å². The quantitative estimate of drug-likeness (QED) is 0.889. The van der Waals surface area contributed by atoms with Crippen molar-refractivity contribution in [2.24, 2.45) is 0 Å². The first-order valence-electron chi connectivity index (χ1n) is 5.69. The average Bonchev–Trinajstić information content (AvgIpc) is 2.51. The molecule has 1 aromatic rings. The zero-order valence-electron chi connectivity index (χ0n) is 10.4. The van der Waals surface area contributed by atoms with Crippen molar-refractivity contribution in [3.05, 3.63) is 42.0 Å². The highest BCUT2D eigenvalue weighted by atomic mass is 16.4. The van der Waals surface area contributed by atoms with Gasteiger partial charge in [0.25, 0.3) is 5.91 Å². The molecule has 1 N–H and O–H groups in total. The van der Waals surface area contributed by atoms with E-state index in [0.29, 0.717) is 11.3 Å². The Balaban J connectivity index is 2.42. The second-order valence-corrected chi connectivity index (χ2v) is 5.02. The van der Waals surface area contributed by atoms with Crippen LogP contribution in [0.4, 0.5) is 0 Å². The minimum absolute atomic E-state index is 0.119. The van der Waals surface area contributed by atoms with E-state index >= 15 is 0 Å². The Bertz CT molecular complexity index is 511. The van der Waals surface area contributed by atoms with Crippen LogP contribution in [0, 0.1) is 0 Å². The molecule has 1 aromatic carbocycles. The molecular weight excluding hydrogens is 230 g/mol. The predicted molar refractivity (Wildman–Crippen MR) is 68.0 cm³/mol. The van der Waals surface area contributed by atoms with Crippen LogP contribution in [0.3, 0.4) is 0 Å². The molecule has 0 saturated heterocycles. The first-order chi connectivity index (χ1) is 8.34. The highest BCUT2D eigenvalue weighted by Gasteiger charge is 2.41. The van der Waals surface area contributed by atoms with E-state index in [-0.39, 0.29) is 12.3 Å². The van der Waals surface area contributed by atoms with Crippen molar-refractivity contribution in [3.63, 3.8) is 0 Å². The topological polar surface area (TPSA) is 57.6 Å². The Morgan fingerprint density at radius 2 is 1.89 bits per heavy atom. The van der Waals surface area contributed by atoms with Crippen LogP contribution in [0.15, 0.2) is 30.8 Å². The third-order valence-electron chi connectivity index (χ3n) is 3.13. The van der Waals surface area contributed by atoms with Crippen LogP contribution in [-0.4, -0.2) is 27.4 Å². The normalized spacial score (nSPS) is 14.9. The molecule has 18 heavy (non-hydrogen) atoms. The molecule has 0 saturated carbocycles. The smallest absolute Gasteiger partial charge is 0.305 e. The molecule has 4 heteroatoms. The summed E-state index contributed by atoms with van der Waals surface area (Å²) in [6, 6.07) is 7.19. The maximum atomic E-state index is 12.3. The summed E-state index contributed by atoms with van der Waals surface area (Å²) in [6.45, 7) is 7.38. The minimum Gasteiger partial charge on any atom is -0.481 e. The van der Waals surface area contributed by atoms with Crippen molar-refractivity contribution in [3.8, 4) is 0 Å². The Morgan fingerprint density at radius 3 is 2.39 bits per heavy atom. The molecule has 0 unspecified atom stereocenters. The Hall–Kier alpha value is -2.10. The lowest BCUT2D eigenvalue weighted by Gasteiger charge is -2.35. The van der Waals surface area contributed by atoms with Gasteiger partial charge < -0.3 is 10.0 Å².